The van der Waals surface area contributed by atoms with Crippen LogP contribution in [0.15, 0.2) is 48.5 Å². The molecular weight excluding hydrogens is 258 g/mol. The van der Waals surface area contributed by atoms with E-state index in [-0.39, 0.29) is 6.04 Å². The van der Waals surface area contributed by atoms with Gasteiger partial charge in [-0.1, -0.05) is 50.2 Å². The molecule has 0 radical (unpaired) electrons. The van der Waals surface area contributed by atoms with Crippen molar-refractivity contribution in [3.8, 4) is 5.75 Å². The van der Waals surface area contributed by atoms with Crippen molar-refractivity contribution in [3.05, 3.63) is 65.2 Å². The third-order valence-corrected chi connectivity index (χ3v) is 3.68. The molecule has 0 heterocycles. The van der Waals surface area contributed by atoms with Crippen molar-refractivity contribution in [2.75, 3.05) is 6.61 Å². The average Bonchev–Trinajstić information content (AvgIpc) is 2.47. The molecule has 0 aliphatic carbocycles. The molecule has 0 fully saturated rings. The standard InChI is InChI=1S/C19H25NO/c1-14(2)19-12-18(10-9-15(19)3)21-13-17(20)11-16-7-5-4-6-8-16/h4-10,12,14,17H,11,13,20H2,1-3H3. The smallest absolute Gasteiger partial charge is 0.119 e. The van der Waals surface area contributed by atoms with Gasteiger partial charge in [0, 0.05) is 6.04 Å². The van der Waals surface area contributed by atoms with Crippen LogP contribution < -0.4 is 10.5 Å². The highest BCUT2D eigenvalue weighted by molar-refractivity contribution is 5.36. The number of ether oxygens (including phenoxy) is 1. The molecule has 2 rings (SSSR count). The molecule has 2 nitrogen and oxygen atoms in total. The van der Waals surface area contributed by atoms with Gasteiger partial charge >= 0.3 is 0 Å². The van der Waals surface area contributed by atoms with Gasteiger partial charge in [-0.2, -0.15) is 0 Å². The van der Waals surface area contributed by atoms with E-state index in [0.717, 1.165) is 12.2 Å². The van der Waals surface area contributed by atoms with Crippen LogP contribution in [-0.2, 0) is 6.42 Å². The Kier molecular flexibility index (Phi) is 5.40. The van der Waals surface area contributed by atoms with E-state index < -0.39 is 0 Å². The molecular formula is C19H25NO. The molecule has 0 aliphatic rings. The Morgan fingerprint density at radius 2 is 1.76 bits per heavy atom. The van der Waals surface area contributed by atoms with Gasteiger partial charge in [0.1, 0.15) is 12.4 Å². The topological polar surface area (TPSA) is 35.2 Å². The van der Waals surface area contributed by atoms with Crippen molar-refractivity contribution in [2.24, 2.45) is 5.73 Å². The largest absolute Gasteiger partial charge is 0.492 e. The van der Waals surface area contributed by atoms with Gasteiger partial charge in [0.2, 0.25) is 0 Å². The highest BCUT2D eigenvalue weighted by Gasteiger charge is 2.08. The van der Waals surface area contributed by atoms with Gasteiger partial charge in [0.25, 0.3) is 0 Å². The van der Waals surface area contributed by atoms with E-state index in [4.69, 9.17) is 10.5 Å². The Morgan fingerprint density at radius 1 is 1.05 bits per heavy atom. The van der Waals surface area contributed by atoms with E-state index in [0.29, 0.717) is 12.5 Å². The second-order valence-electron chi connectivity index (χ2n) is 5.93. The van der Waals surface area contributed by atoms with Gasteiger partial charge < -0.3 is 10.5 Å². The minimum atomic E-state index is 0.0104. The Bertz CT molecular complexity index is 563. The number of rotatable bonds is 6. The minimum absolute atomic E-state index is 0.0104. The third kappa shape index (κ3) is 4.61. The van der Waals surface area contributed by atoms with Gasteiger partial charge in [-0.3, -0.25) is 0 Å². The summed E-state index contributed by atoms with van der Waals surface area (Å²) in [7, 11) is 0. The number of hydrogen-bond acceptors (Lipinski definition) is 2. The molecule has 1 unspecified atom stereocenters. The second-order valence-corrected chi connectivity index (χ2v) is 5.93. The highest BCUT2D eigenvalue weighted by Crippen LogP contribution is 2.24. The zero-order valence-electron chi connectivity index (χ0n) is 13.2. The summed E-state index contributed by atoms with van der Waals surface area (Å²) in [5, 5.41) is 0. The first-order chi connectivity index (χ1) is 10.1. The summed E-state index contributed by atoms with van der Waals surface area (Å²) in [5.41, 5.74) is 10.1. The maximum atomic E-state index is 6.16. The van der Waals surface area contributed by atoms with Crippen molar-refractivity contribution in [3.63, 3.8) is 0 Å². The Balaban J connectivity index is 1.92. The van der Waals surface area contributed by atoms with Crippen LogP contribution in [0.4, 0.5) is 0 Å². The monoisotopic (exact) mass is 283 g/mol. The summed E-state index contributed by atoms with van der Waals surface area (Å²) in [5.74, 6) is 1.42. The summed E-state index contributed by atoms with van der Waals surface area (Å²) in [4.78, 5) is 0. The summed E-state index contributed by atoms with van der Waals surface area (Å²) in [6, 6.07) is 16.6. The van der Waals surface area contributed by atoms with Crippen LogP contribution in [0.25, 0.3) is 0 Å². The number of nitrogens with two attached hydrogens (primary N) is 1. The van der Waals surface area contributed by atoms with Crippen molar-refractivity contribution in [1.82, 2.24) is 0 Å². The van der Waals surface area contributed by atoms with Gasteiger partial charge in [-0.05, 0) is 48.1 Å². The molecule has 2 heteroatoms. The predicted octanol–water partition coefficient (Wildman–Crippen LogP) is 4.07. The Hall–Kier alpha value is -1.80. The maximum Gasteiger partial charge on any atom is 0.119 e. The summed E-state index contributed by atoms with van der Waals surface area (Å²) >= 11 is 0. The fourth-order valence-electron chi connectivity index (χ4n) is 2.51. The van der Waals surface area contributed by atoms with Crippen LogP contribution in [-0.4, -0.2) is 12.6 Å². The Morgan fingerprint density at radius 3 is 2.43 bits per heavy atom. The van der Waals surface area contributed by atoms with Crippen molar-refractivity contribution < 1.29 is 4.74 Å². The molecule has 2 aromatic rings. The predicted molar refractivity (Wildman–Crippen MR) is 88.9 cm³/mol. The van der Waals surface area contributed by atoms with Crippen LogP contribution in [0.2, 0.25) is 0 Å². The number of hydrogen-bond donors (Lipinski definition) is 1. The molecule has 0 amide bonds. The molecule has 0 bridgehead atoms. The minimum Gasteiger partial charge on any atom is -0.492 e. The van der Waals surface area contributed by atoms with Crippen molar-refractivity contribution in [1.29, 1.82) is 0 Å². The van der Waals surface area contributed by atoms with Gasteiger partial charge in [-0.25, -0.2) is 0 Å². The molecule has 1 atom stereocenters. The van der Waals surface area contributed by atoms with Crippen molar-refractivity contribution >= 4 is 0 Å². The lowest BCUT2D eigenvalue weighted by atomic mass is 9.98. The lowest BCUT2D eigenvalue weighted by Gasteiger charge is -2.16. The first-order valence-corrected chi connectivity index (χ1v) is 7.59. The molecule has 112 valence electrons. The average molecular weight is 283 g/mol. The van der Waals surface area contributed by atoms with Gasteiger partial charge in [0.15, 0.2) is 0 Å². The normalized spacial score (nSPS) is 12.4. The zero-order valence-corrected chi connectivity index (χ0v) is 13.2. The summed E-state index contributed by atoms with van der Waals surface area (Å²) in [6.07, 6.45) is 0.837. The van der Waals surface area contributed by atoms with Gasteiger partial charge in [-0.15, -0.1) is 0 Å². The molecule has 0 aromatic heterocycles. The molecule has 21 heavy (non-hydrogen) atoms. The third-order valence-electron chi connectivity index (χ3n) is 3.68. The lowest BCUT2D eigenvalue weighted by Crippen LogP contribution is -2.30. The van der Waals surface area contributed by atoms with Gasteiger partial charge in [0.05, 0.1) is 0 Å². The lowest BCUT2D eigenvalue weighted by molar-refractivity contribution is 0.287. The molecule has 0 spiro atoms. The zero-order chi connectivity index (χ0) is 15.2. The van der Waals surface area contributed by atoms with E-state index in [1.165, 1.54) is 16.7 Å². The molecule has 0 saturated carbocycles. The molecule has 2 N–H and O–H groups in total. The number of benzene rings is 2. The van der Waals surface area contributed by atoms with Crippen molar-refractivity contribution in [2.45, 2.75) is 39.2 Å². The van der Waals surface area contributed by atoms with Crippen LogP contribution >= 0.6 is 0 Å². The quantitative estimate of drug-likeness (QED) is 0.867. The summed E-state index contributed by atoms with van der Waals surface area (Å²) in [6.45, 7) is 7.08. The van der Waals surface area contributed by atoms with Crippen LogP contribution in [0.5, 0.6) is 5.75 Å². The fourth-order valence-corrected chi connectivity index (χ4v) is 2.51. The first-order valence-electron chi connectivity index (χ1n) is 7.59. The second kappa shape index (κ2) is 7.28. The molecule has 0 saturated heterocycles. The number of aryl methyl sites for hydroxylation is 1. The van der Waals surface area contributed by atoms with Crippen LogP contribution in [0.3, 0.4) is 0 Å². The summed E-state index contributed by atoms with van der Waals surface area (Å²) < 4.78 is 5.86. The van der Waals surface area contributed by atoms with E-state index in [1.54, 1.807) is 0 Å². The van der Waals surface area contributed by atoms with E-state index in [9.17, 15) is 0 Å². The fraction of sp³-hybridized carbons (Fsp3) is 0.368. The maximum absolute atomic E-state index is 6.16. The van der Waals surface area contributed by atoms with E-state index in [1.807, 2.05) is 24.3 Å². The Labute approximate surface area is 127 Å². The molecule has 2 aromatic carbocycles. The highest BCUT2D eigenvalue weighted by atomic mass is 16.5. The SMILES string of the molecule is Cc1ccc(OCC(N)Cc2ccccc2)cc1C(C)C. The first kappa shape index (κ1) is 15.6. The van der Waals surface area contributed by atoms with Crippen LogP contribution in [0.1, 0.15) is 36.5 Å². The molecule has 0 aliphatic heterocycles. The van der Waals surface area contributed by atoms with E-state index in [2.05, 4.69) is 45.0 Å². The van der Waals surface area contributed by atoms with Crippen LogP contribution in [0, 0.1) is 6.92 Å². The van der Waals surface area contributed by atoms with E-state index >= 15 is 0 Å².